The third-order valence-electron chi connectivity index (χ3n) is 4.07. The molecule has 1 heterocycles. The highest BCUT2D eigenvalue weighted by atomic mass is 35.5. The van der Waals surface area contributed by atoms with Crippen LogP contribution < -0.4 is 10.2 Å². The fourth-order valence-electron chi connectivity index (χ4n) is 2.77. The highest BCUT2D eigenvalue weighted by Crippen LogP contribution is 2.31. The van der Waals surface area contributed by atoms with Crippen LogP contribution in [0.4, 0.5) is 11.4 Å². The summed E-state index contributed by atoms with van der Waals surface area (Å²) in [7, 11) is 0. The van der Waals surface area contributed by atoms with E-state index in [-0.39, 0.29) is 24.2 Å². The lowest BCUT2D eigenvalue weighted by atomic mass is 10.1. The minimum Gasteiger partial charge on any atom is -0.326 e. The van der Waals surface area contributed by atoms with Crippen LogP contribution in [-0.4, -0.2) is 18.4 Å². The highest BCUT2D eigenvalue weighted by molar-refractivity contribution is 6.31. The van der Waals surface area contributed by atoms with Crippen LogP contribution in [0.25, 0.3) is 0 Å². The predicted molar refractivity (Wildman–Crippen MR) is 91.7 cm³/mol. The first-order valence-electron chi connectivity index (χ1n) is 7.47. The summed E-state index contributed by atoms with van der Waals surface area (Å²) < 4.78 is 0. The zero-order chi connectivity index (χ0) is 16.4. The Kier molecular flexibility index (Phi) is 4.35. The minimum atomic E-state index is -0.360. The molecule has 3 rings (SSSR count). The van der Waals surface area contributed by atoms with Crippen LogP contribution in [-0.2, 0) is 9.59 Å². The van der Waals surface area contributed by atoms with E-state index in [4.69, 9.17) is 11.6 Å². The number of hydrogen-bond acceptors (Lipinski definition) is 2. The Morgan fingerprint density at radius 2 is 1.91 bits per heavy atom. The molecule has 2 amide bonds. The van der Waals surface area contributed by atoms with Crippen molar-refractivity contribution in [2.75, 3.05) is 16.8 Å². The highest BCUT2D eigenvalue weighted by Gasteiger charge is 2.35. The maximum absolute atomic E-state index is 12.4. The van der Waals surface area contributed by atoms with Crippen molar-refractivity contribution in [1.29, 1.82) is 0 Å². The Morgan fingerprint density at radius 3 is 2.65 bits per heavy atom. The number of nitrogens with one attached hydrogen (secondary N) is 1. The second kappa shape index (κ2) is 6.42. The predicted octanol–water partition coefficient (Wildman–Crippen LogP) is 3.64. The molecule has 0 bridgehead atoms. The van der Waals surface area contributed by atoms with Crippen molar-refractivity contribution >= 4 is 34.8 Å². The van der Waals surface area contributed by atoms with Gasteiger partial charge in [-0.1, -0.05) is 35.9 Å². The summed E-state index contributed by atoms with van der Waals surface area (Å²) in [6.45, 7) is 2.25. The van der Waals surface area contributed by atoms with E-state index in [0.717, 1.165) is 16.9 Å². The summed E-state index contributed by atoms with van der Waals surface area (Å²) in [6.07, 6.45) is 0.213. The Labute approximate surface area is 140 Å². The second-order valence-corrected chi connectivity index (χ2v) is 6.05. The third kappa shape index (κ3) is 3.22. The third-order valence-corrected chi connectivity index (χ3v) is 4.48. The SMILES string of the molecule is Cc1c(Cl)cccc1N1C[C@@H](C(=O)Nc2ccccc2)CC1=O. The molecule has 0 aliphatic carbocycles. The van der Waals surface area contributed by atoms with Crippen molar-refractivity contribution in [3.63, 3.8) is 0 Å². The maximum atomic E-state index is 12.4. The van der Waals surface area contributed by atoms with Gasteiger partial charge in [-0.15, -0.1) is 0 Å². The van der Waals surface area contributed by atoms with Gasteiger partial charge in [-0.05, 0) is 36.8 Å². The number of nitrogens with zero attached hydrogens (tertiary/aromatic N) is 1. The Bertz CT molecular complexity index is 746. The Hall–Kier alpha value is -2.33. The van der Waals surface area contributed by atoms with Gasteiger partial charge in [0, 0.05) is 29.4 Å². The number of anilines is 2. The zero-order valence-electron chi connectivity index (χ0n) is 12.8. The van der Waals surface area contributed by atoms with E-state index >= 15 is 0 Å². The van der Waals surface area contributed by atoms with Gasteiger partial charge >= 0.3 is 0 Å². The molecule has 1 aliphatic heterocycles. The molecule has 0 unspecified atom stereocenters. The first-order valence-corrected chi connectivity index (χ1v) is 7.85. The topological polar surface area (TPSA) is 49.4 Å². The number of para-hydroxylation sites is 1. The molecule has 0 radical (unpaired) electrons. The Morgan fingerprint density at radius 1 is 1.17 bits per heavy atom. The molecule has 1 fully saturated rings. The Balaban J connectivity index is 1.75. The van der Waals surface area contributed by atoms with E-state index < -0.39 is 0 Å². The molecular weight excluding hydrogens is 312 g/mol. The average Bonchev–Trinajstić information content (AvgIpc) is 2.93. The van der Waals surface area contributed by atoms with E-state index in [2.05, 4.69) is 5.32 Å². The summed E-state index contributed by atoms with van der Waals surface area (Å²) in [5, 5.41) is 3.48. The molecule has 1 N–H and O–H groups in total. The second-order valence-electron chi connectivity index (χ2n) is 5.64. The van der Waals surface area contributed by atoms with Crippen molar-refractivity contribution in [2.45, 2.75) is 13.3 Å². The largest absolute Gasteiger partial charge is 0.326 e. The summed E-state index contributed by atoms with van der Waals surface area (Å²) in [5.74, 6) is -0.545. The number of halogens is 1. The standard InChI is InChI=1S/C18H17ClN2O2/c1-12-15(19)8-5-9-16(12)21-11-13(10-17(21)22)18(23)20-14-6-3-2-4-7-14/h2-9,13H,10-11H2,1H3,(H,20,23)/t13-/m0/s1. The number of rotatable bonds is 3. The van der Waals surface area contributed by atoms with E-state index in [1.165, 1.54) is 0 Å². The molecular formula is C18H17ClN2O2. The number of amides is 2. The van der Waals surface area contributed by atoms with Crippen LogP contribution in [0.3, 0.4) is 0 Å². The lowest BCUT2D eigenvalue weighted by Crippen LogP contribution is -2.28. The molecule has 0 saturated carbocycles. The molecule has 5 heteroatoms. The van der Waals surface area contributed by atoms with E-state index in [1.54, 1.807) is 11.0 Å². The van der Waals surface area contributed by atoms with Crippen LogP contribution in [0.5, 0.6) is 0 Å². The van der Waals surface area contributed by atoms with Gasteiger partial charge in [-0.25, -0.2) is 0 Å². The van der Waals surface area contributed by atoms with E-state index in [1.807, 2.05) is 49.4 Å². The lowest BCUT2D eigenvalue weighted by molar-refractivity contribution is -0.122. The zero-order valence-corrected chi connectivity index (χ0v) is 13.5. The summed E-state index contributed by atoms with van der Waals surface area (Å²) in [6, 6.07) is 14.7. The molecule has 1 aliphatic rings. The molecule has 2 aromatic carbocycles. The van der Waals surface area contributed by atoms with Gasteiger partial charge in [-0.2, -0.15) is 0 Å². The van der Waals surface area contributed by atoms with Gasteiger partial charge in [-0.3, -0.25) is 9.59 Å². The van der Waals surface area contributed by atoms with Crippen LogP contribution in [0, 0.1) is 12.8 Å². The first kappa shape index (κ1) is 15.6. The fourth-order valence-corrected chi connectivity index (χ4v) is 2.94. The normalized spacial score (nSPS) is 17.4. The van der Waals surface area contributed by atoms with Gasteiger partial charge in [0.15, 0.2) is 0 Å². The number of benzene rings is 2. The summed E-state index contributed by atoms with van der Waals surface area (Å²) >= 11 is 6.13. The molecule has 118 valence electrons. The van der Waals surface area contributed by atoms with Gasteiger partial charge < -0.3 is 10.2 Å². The molecule has 4 nitrogen and oxygen atoms in total. The van der Waals surface area contributed by atoms with Crippen LogP contribution in [0.1, 0.15) is 12.0 Å². The lowest BCUT2D eigenvalue weighted by Gasteiger charge is -2.19. The summed E-state index contributed by atoms with van der Waals surface area (Å²) in [4.78, 5) is 26.3. The number of carbonyl (C=O) groups excluding carboxylic acids is 2. The van der Waals surface area contributed by atoms with Gasteiger partial charge in [0.05, 0.1) is 5.92 Å². The van der Waals surface area contributed by atoms with E-state index in [0.29, 0.717) is 11.6 Å². The summed E-state index contributed by atoms with van der Waals surface area (Å²) in [5.41, 5.74) is 2.37. The van der Waals surface area contributed by atoms with Gasteiger partial charge in [0.1, 0.15) is 0 Å². The van der Waals surface area contributed by atoms with Crippen molar-refractivity contribution in [2.24, 2.45) is 5.92 Å². The maximum Gasteiger partial charge on any atom is 0.229 e. The average molecular weight is 329 g/mol. The fraction of sp³-hybridized carbons (Fsp3) is 0.222. The van der Waals surface area contributed by atoms with Crippen LogP contribution >= 0.6 is 11.6 Å². The van der Waals surface area contributed by atoms with E-state index in [9.17, 15) is 9.59 Å². The van der Waals surface area contributed by atoms with Crippen LogP contribution in [0.2, 0.25) is 5.02 Å². The van der Waals surface area contributed by atoms with Crippen molar-refractivity contribution < 1.29 is 9.59 Å². The van der Waals surface area contributed by atoms with Crippen molar-refractivity contribution in [1.82, 2.24) is 0 Å². The molecule has 1 saturated heterocycles. The molecule has 1 atom stereocenters. The molecule has 0 aromatic heterocycles. The smallest absolute Gasteiger partial charge is 0.229 e. The first-order chi connectivity index (χ1) is 11.1. The van der Waals surface area contributed by atoms with Gasteiger partial charge in [0.25, 0.3) is 0 Å². The molecule has 23 heavy (non-hydrogen) atoms. The minimum absolute atomic E-state index is 0.0522. The monoisotopic (exact) mass is 328 g/mol. The number of hydrogen-bond donors (Lipinski definition) is 1. The van der Waals surface area contributed by atoms with Crippen molar-refractivity contribution in [3.05, 3.63) is 59.1 Å². The molecule has 2 aromatic rings. The quantitative estimate of drug-likeness (QED) is 0.935. The van der Waals surface area contributed by atoms with Crippen molar-refractivity contribution in [3.8, 4) is 0 Å². The number of carbonyl (C=O) groups is 2. The molecule has 0 spiro atoms. The van der Waals surface area contributed by atoms with Crippen LogP contribution in [0.15, 0.2) is 48.5 Å². The van der Waals surface area contributed by atoms with Gasteiger partial charge in [0.2, 0.25) is 11.8 Å².